The molecule has 0 saturated carbocycles. The Morgan fingerprint density at radius 3 is 2.54 bits per heavy atom. The Hall–Kier alpha value is -3.06. The Morgan fingerprint density at radius 2 is 1.88 bits per heavy atom. The van der Waals surface area contributed by atoms with Crippen LogP contribution in [0.2, 0.25) is 0 Å². The molecule has 0 aliphatic carbocycles. The van der Waals surface area contributed by atoms with Crippen LogP contribution in [0.15, 0.2) is 42.5 Å². The summed E-state index contributed by atoms with van der Waals surface area (Å²) in [6.45, 7) is 4.60. The van der Waals surface area contributed by atoms with Crippen LogP contribution in [-0.4, -0.2) is 22.8 Å². The average molecular weight is 317 g/mol. The summed E-state index contributed by atoms with van der Waals surface area (Å²) in [5, 5.41) is 9.93. The van der Waals surface area contributed by atoms with Crippen LogP contribution in [0.3, 0.4) is 0 Å². The van der Waals surface area contributed by atoms with Gasteiger partial charge in [0.1, 0.15) is 0 Å². The lowest BCUT2D eigenvalue weighted by atomic mass is 10.1. The third kappa shape index (κ3) is 2.89. The van der Waals surface area contributed by atoms with E-state index in [1.807, 2.05) is 37.3 Å². The van der Waals surface area contributed by atoms with Gasteiger partial charge in [-0.3, -0.25) is 4.79 Å². The fourth-order valence-electron chi connectivity index (χ4n) is 2.85. The molecule has 0 spiro atoms. The van der Waals surface area contributed by atoms with Gasteiger partial charge in [0.2, 0.25) is 0 Å². The Bertz CT molecular complexity index is 945. The van der Waals surface area contributed by atoms with Gasteiger partial charge in [0.25, 0.3) is 5.91 Å². The number of H-pyrrole nitrogens is 1. The first kappa shape index (κ1) is 15.8. The van der Waals surface area contributed by atoms with E-state index in [2.05, 4.69) is 18.0 Å². The molecular weight excluding hydrogens is 298 g/mol. The van der Waals surface area contributed by atoms with E-state index in [9.17, 15) is 4.79 Å². The number of aromatic amines is 1. The van der Waals surface area contributed by atoms with E-state index >= 15 is 0 Å². The Kier molecular flexibility index (Phi) is 4.09. The molecule has 1 amide bonds. The molecule has 0 bridgehead atoms. The minimum Gasteiger partial charge on any atom is -0.358 e. The van der Waals surface area contributed by atoms with E-state index in [0.717, 1.165) is 22.2 Å². The van der Waals surface area contributed by atoms with E-state index in [4.69, 9.17) is 5.26 Å². The molecule has 0 aliphatic rings. The van der Waals surface area contributed by atoms with Crippen LogP contribution in [0.4, 0.5) is 0 Å². The summed E-state index contributed by atoms with van der Waals surface area (Å²) in [4.78, 5) is 17.7. The first-order chi connectivity index (χ1) is 11.5. The summed E-state index contributed by atoms with van der Waals surface area (Å²) in [6, 6.07) is 15.2. The number of nitrogens with zero attached hydrogens (tertiary/aromatic N) is 2. The maximum atomic E-state index is 12.7. The number of fused-ring (bicyclic) bond motifs is 1. The highest BCUT2D eigenvalue weighted by Gasteiger charge is 2.14. The number of carbonyl (C=O) groups excluding carboxylic acids is 1. The smallest absolute Gasteiger partial charge is 0.253 e. The summed E-state index contributed by atoms with van der Waals surface area (Å²) >= 11 is 0. The molecule has 4 heteroatoms. The normalized spacial score (nSPS) is 10.6. The fraction of sp³-hybridized carbons (Fsp3) is 0.200. The number of aromatic nitrogens is 1. The van der Waals surface area contributed by atoms with Crippen LogP contribution in [0.25, 0.3) is 10.9 Å². The zero-order chi connectivity index (χ0) is 17.3. The van der Waals surface area contributed by atoms with Gasteiger partial charge in [-0.25, -0.2) is 0 Å². The van der Waals surface area contributed by atoms with E-state index in [1.54, 1.807) is 24.1 Å². The van der Waals surface area contributed by atoms with Crippen LogP contribution < -0.4 is 0 Å². The van der Waals surface area contributed by atoms with Gasteiger partial charge in [-0.1, -0.05) is 12.1 Å². The molecule has 24 heavy (non-hydrogen) atoms. The minimum absolute atomic E-state index is 0.0143. The van der Waals surface area contributed by atoms with Crippen molar-refractivity contribution in [2.24, 2.45) is 0 Å². The highest BCUT2D eigenvalue weighted by molar-refractivity contribution is 5.98. The van der Waals surface area contributed by atoms with Crippen molar-refractivity contribution in [3.63, 3.8) is 0 Å². The molecule has 0 aliphatic heterocycles. The van der Waals surface area contributed by atoms with Crippen molar-refractivity contribution in [2.75, 3.05) is 7.05 Å². The van der Waals surface area contributed by atoms with Crippen LogP contribution in [0.5, 0.6) is 0 Å². The van der Waals surface area contributed by atoms with Crippen molar-refractivity contribution in [3.05, 3.63) is 70.4 Å². The van der Waals surface area contributed by atoms with Crippen molar-refractivity contribution in [3.8, 4) is 6.07 Å². The third-order valence-corrected chi connectivity index (χ3v) is 4.40. The fourth-order valence-corrected chi connectivity index (χ4v) is 2.85. The first-order valence-corrected chi connectivity index (χ1v) is 7.83. The molecule has 0 atom stereocenters. The molecule has 1 aromatic heterocycles. The second kappa shape index (κ2) is 6.21. The average Bonchev–Trinajstić information content (AvgIpc) is 2.89. The second-order valence-electron chi connectivity index (χ2n) is 6.11. The molecule has 1 N–H and O–H groups in total. The minimum atomic E-state index is -0.0143. The Morgan fingerprint density at radius 1 is 1.17 bits per heavy atom. The number of nitriles is 1. The largest absolute Gasteiger partial charge is 0.358 e. The summed E-state index contributed by atoms with van der Waals surface area (Å²) in [5.74, 6) is -0.0143. The summed E-state index contributed by atoms with van der Waals surface area (Å²) in [7, 11) is 1.79. The van der Waals surface area contributed by atoms with Gasteiger partial charge in [-0.15, -0.1) is 0 Å². The molecule has 4 nitrogen and oxygen atoms in total. The number of aryl methyl sites for hydroxylation is 2. The molecule has 3 aromatic rings. The topological polar surface area (TPSA) is 59.9 Å². The molecular formula is C20H19N3O. The van der Waals surface area contributed by atoms with Gasteiger partial charge < -0.3 is 9.88 Å². The van der Waals surface area contributed by atoms with E-state index < -0.39 is 0 Å². The highest BCUT2D eigenvalue weighted by atomic mass is 16.2. The number of nitrogens with one attached hydrogen (secondary N) is 1. The lowest BCUT2D eigenvalue weighted by Gasteiger charge is -2.17. The number of hydrogen-bond donors (Lipinski definition) is 1. The monoisotopic (exact) mass is 317 g/mol. The maximum absolute atomic E-state index is 12.7. The zero-order valence-corrected chi connectivity index (χ0v) is 14.1. The van der Waals surface area contributed by atoms with Crippen molar-refractivity contribution in [1.29, 1.82) is 5.26 Å². The van der Waals surface area contributed by atoms with E-state index in [-0.39, 0.29) is 5.91 Å². The number of amides is 1. The standard InChI is InChI=1S/C20H19N3O/c1-13-14(2)22-19-9-8-17(10-18(13)19)20(24)23(3)12-16-6-4-15(11-21)5-7-16/h4-10,22H,12H2,1-3H3. The SMILES string of the molecule is Cc1[nH]c2ccc(C(=O)N(C)Cc3ccc(C#N)cc3)cc2c1C. The van der Waals surface area contributed by atoms with Crippen molar-refractivity contribution < 1.29 is 4.79 Å². The number of carbonyl (C=O) groups is 1. The second-order valence-corrected chi connectivity index (χ2v) is 6.11. The van der Waals surface area contributed by atoms with Crippen molar-refractivity contribution >= 4 is 16.8 Å². The van der Waals surface area contributed by atoms with Gasteiger partial charge in [0.15, 0.2) is 0 Å². The van der Waals surface area contributed by atoms with Gasteiger partial charge >= 0.3 is 0 Å². The van der Waals surface area contributed by atoms with E-state index in [0.29, 0.717) is 17.7 Å². The van der Waals surface area contributed by atoms with Gasteiger partial charge in [0.05, 0.1) is 11.6 Å². The van der Waals surface area contributed by atoms with Gasteiger partial charge in [0, 0.05) is 35.8 Å². The summed E-state index contributed by atoms with van der Waals surface area (Å²) in [6.07, 6.45) is 0. The molecule has 0 unspecified atom stereocenters. The van der Waals surface area contributed by atoms with Crippen molar-refractivity contribution in [1.82, 2.24) is 9.88 Å². The van der Waals surface area contributed by atoms with Crippen LogP contribution >= 0.6 is 0 Å². The predicted molar refractivity (Wildman–Crippen MR) is 94.7 cm³/mol. The van der Waals surface area contributed by atoms with Crippen molar-refractivity contribution in [2.45, 2.75) is 20.4 Å². The maximum Gasteiger partial charge on any atom is 0.253 e. The molecule has 0 radical (unpaired) electrons. The molecule has 3 rings (SSSR count). The Labute approximate surface area is 141 Å². The zero-order valence-electron chi connectivity index (χ0n) is 14.1. The number of rotatable bonds is 3. The molecule has 0 fully saturated rings. The molecule has 2 aromatic carbocycles. The third-order valence-electron chi connectivity index (χ3n) is 4.40. The van der Waals surface area contributed by atoms with Crippen LogP contribution in [0.1, 0.15) is 32.7 Å². The highest BCUT2D eigenvalue weighted by Crippen LogP contribution is 2.23. The lowest BCUT2D eigenvalue weighted by Crippen LogP contribution is -2.26. The molecule has 0 saturated heterocycles. The predicted octanol–water partition coefficient (Wildman–Crippen LogP) is 3.93. The number of hydrogen-bond acceptors (Lipinski definition) is 2. The summed E-state index contributed by atoms with van der Waals surface area (Å²) in [5.41, 5.74) is 5.66. The van der Waals surface area contributed by atoms with Crippen LogP contribution in [0, 0.1) is 25.2 Å². The first-order valence-electron chi connectivity index (χ1n) is 7.83. The van der Waals surface area contributed by atoms with Crippen LogP contribution in [-0.2, 0) is 6.54 Å². The number of benzene rings is 2. The Balaban J connectivity index is 1.82. The molecule has 1 heterocycles. The van der Waals surface area contributed by atoms with Gasteiger partial charge in [-0.2, -0.15) is 5.26 Å². The van der Waals surface area contributed by atoms with E-state index in [1.165, 1.54) is 5.56 Å². The lowest BCUT2D eigenvalue weighted by molar-refractivity contribution is 0.0785. The molecule has 120 valence electrons. The quantitative estimate of drug-likeness (QED) is 0.795. The van der Waals surface area contributed by atoms with Gasteiger partial charge in [-0.05, 0) is 55.3 Å². The summed E-state index contributed by atoms with van der Waals surface area (Å²) < 4.78 is 0.